The van der Waals surface area contributed by atoms with Gasteiger partial charge < -0.3 is 39.0 Å². The lowest BCUT2D eigenvalue weighted by Crippen LogP contribution is -2.61. The van der Waals surface area contributed by atoms with Crippen LogP contribution < -0.4 is 0 Å². The maximum Gasteiger partial charge on any atom is 0.335 e. The van der Waals surface area contributed by atoms with Gasteiger partial charge in [0.2, 0.25) is 0 Å². The largest absolute Gasteiger partial charge is 0.479 e. The van der Waals surface area contributed by atoms with Crippen LogP contribution in [0.2, 0.25) is 0 Å². The van der Waals surface area contributed by atoms with Crippen molar-refractivity contribution in [3.05, 3.63) is 134 Å². The van der Waals surface area contributed by atoms with E-state index in [0.717, 1.165) is 148 Å². The predicted molar refractivity (Wildman–Crippen MR) is 330 cm³/mol. The number of aliphatic carboxylic acids is 1. The van der Waals surface area contributed by atoms with Gasteiger partial charge in [0.25, 0.3) is 0 Å². The summed E-state index contributed by atoms with van der Waals surface area (Å²) < 4.78 is 28.4. The van der Waals surface area contributed by atoms with Gasteiger partial charge in [-0.05, 0) is 122 Å². The molecule has 1 rings (SSSR count). The molecule has 6 unspecified atom stereocenters. The van der Waals surface area contributed by atoms with Crippen LogP contribution in [0, 0.1) is 0 Å². The number of aliphatic hydroxyl groups excluding tert-OH is 2. The van der Waals surface area contributed by atoms with Crippen LogP contribution in [0.25, 0.3) is 0 Å². The molecule has 0 aromatic carbocycles. The number of aliphatic hydroxyl groups is 2. The number of carboxylic acids is 1. The molecule has 0 radical (unpaired) electrons. The first-order chi connectivity index (χ1) is 39.6. The summed E-state index contributed by atoms with van der Waals surface area (Å²) in [5.74, 6) is -3.28. The lowest BCUT2D eigenvalue weighted by atomic mass is 9.98. The number of esters is 3. The van der Waals surface area contributed by atoms with Gasteiger partial charge in [0, 0.05) is 19.3 Å². The minimum Gasteiger partial charge on any atom is -0.479 e. The molecule has 1 aliphatic heterocycles. The Bertz CT molecular complexity index is 1920. The van der Waals surface area contributed by atoms with Gasteiger partial charge in [-0.3, -0.25) is 14.4 Å². The summed E-state index contributed by atoms with van der Waals surface area (Å²) >= 11 is 0. The second kappa shape index (κ2) is 55.4. The van der Waals surface area contributed by atoms with Gasteiger partial charge in [-0.25, -0.2) is 4.79 Å². The van der Waals surface area contributed by atoms with Crippen LogP contribution in [0.5, 0.6) is 0 Å². The van der Waals surface area contributed by atoms with E-state index in [1.165, 1.54) is 19.3 Å². The van der Waals surface area contributed by atoms with E-state index in [-0.39, 0.29) is 25.9 Å². The van der Waals surface area contributed by atoms with Crippen LogP contribution in [-0.2, 0) is 42.9 Å². The van der Waals surface area contributed by atoms with E-state index in [0.29, 0.717) is 19.3 Å². The number of carbonyl (C=O) groups is 4. The SMILES string of the molecule is CC/C=C\C/C=C\C/C=C\C/C=C\C/C=C\C/C=C\CCC(=O)OCC(COC1OC(C(=O)O)C(O)C(O)C1OC(=O)CCCCCCC/C=C\C/C=C\CCCCC)OC(=O)CCCCCCCCC/C=C\C/C=C\C/C=C\CC. The number of hydrogen-bond acceptors (Lipinski definition) is 11. The molecule has 0 aromatic rings. The molecule has 0 bridgehead atoms. The van der Waals surface area contributed by atoms with E-state index in [1.807, 2.05) is 12.2 Å². The second-order valence-corrected chi connectivity index (χ2v) is 20.6. The first-order valence-electron chi connectivity index (χ1n) is 31.2. The lowest BCUT2D eigenvalue weighted by molar-refractivity contribution is -0.301. The first-order valence-corrected chi connectivity index (χ1v) is 31.2. The highest BCUT2D eigenvalue weighted by atomic mass is 16.7. The number of carboxylic acid groups (broad SMARTS) is 1. The van der Waals surface area contributed by atoms with Crippen molar-refractivity contribution in [1.29, 1.82) is 0 Å². The molecular weight excluding hydrogens is 1020 g/mol. The summed E-state index contributed by atoms with van der Waals surface area (Å²) in [5, 5.41) is 31.5. The molecule has 6 atom stereocenters. The quantitative estimate of drug-likeness (QED) is 0.0228. The molecule has 12 nitrogen and oxygen atoms in total. The van der Waals surface area contributed by atoms with E-state index in [2.05, 4.69) is 142 Å². The Balaban J connectivity index is 2.75. The van der Waals surface area contributed by atoms with Gasteiger partial charge in [-0.15, -0.1) is 0 Å². The third-order valence-electron chi connectivity index (χ3n) is 13.2. The third kappa shape index (κ3) is 45.1. The van der Waals surface area contributed by atoms with E-state index in [1.54, 1.807) is 0 Å². The van der Waals surface area contributed by atoms with Gasteiger partial charge >= 0.3 is 23.9 Å². The van der Waals surface area contributed by atoms with Gasteiger partial charge in [0.1, 0.15) is 18.8 Å². The third-order valence-corrected chi connectivity index (χ3v) is 13.2. The molecule has 81 heavy (non-hydrogen) atoms. The van der Waals surface area contributed by atoms with Crippen LogP contribution in [0.4, 0.5) is 0 Å². The average molecular weight is 1130 g/mol. The molecule has 1 fully saturated rings. The van der Waals surface area contributed by atoms with Gasteiger partial charge in [0.15, 0.2) is 24.6 Å². The predicted octanol–water partition coefficient (Wildman–Crippen LogP) is 16.6. The number of ether oxygens (including phenoxy) is 5. The Morgan fingerprint density at radius 1 is 0.420 bits per heavy atom. The minimum absolute atomic E-state index is 0.0291. The van der Waals surface area contributed by atoms with Crippen molar-refractivity contribution >= 4 is 23.9 Å². The van der Waals surface area contributed by atoms with Crippen LogP contribution in [0.15, 0.2) is 134 Å². The number of allylic oxidation sites excluding steroid dienone is 22. The summed E-state index contributed by atoms with van der Waals surface area (Å²) in [7, 11) is 0. The Morgan fingerprint density at radius 3 is 1.23 bits per heavy atom. The Labute approximate surface area is 490 Å². The summed E-state index contributed by atoms with van der Waals surface area (Å²) in [4.78, 5) is 51.2. The van der Waals surface area contributed by atoms with Crippen molar-refractivity contribution in [2.75, 3.05) is 13.2 Å². The highest BCUT2D eigenvalue weighted by Crippen LogP contribution is 2.26. The Morgan fingerprint density at radius 2 is 0.802 bits per heavy atom. The van der Waals surface area contributed by atoms with Crippen molar-refractivity contribution < 1.29 is 58.2 Å². The number of carbonyl (C=O) groups excluding carboxylic acids is 3. The van der Waals surface area contributed by atoms with Crippen LogP contribution in [0.3, 0.4) is 0 Å². The maximum absolute atomic E-state index is 13.2. The van der Waals surface area contributed by atoms with E-state index in [9.17, 15) is 34.5 Å². The fourth-order valence-corrected chi connectivity index (χ4v) is 8.50. The summed E-state index contributed by atoms with van der Waals surface area (Å²) in [6, 6.07) is 0. The van der Waals surface area contributed by atoms with Crippen molar-refractivity contribution in [3.63, 3.8) is 0 Å². The van der Waals surface area contributed by atoms with E-state index >= 15 is 0 Å². The van der Waals surface area contributed by atoms with Crippen LogP contribution in [0.1, 0.15) is 226 Å². The fourth-order valence-electron chi connectivity index (χ4n) is 8.50. The second-order valence-electron chi connectivity index (χ2n) is 20.6. The lowest BCUT2D eigenvalue weighted by Gasteiger charge is -2.40. The normalized spacial score (nSPS) is 18.7. The molecule has 456 valence electrons. The van der Waals surface area contributed by atoms with Gasteiger partial charge in [-0.1, -0.05) is 219 Å². The first kappa shape index (κ1) is 73.9. The smallest absolute Gasteiger partial charge is 0.335 e. The minimum atomic E-state index is -1.93. The zero-order valence-electron chi connectivity index (χ0n) is 50.2. The fraction of sp³-hybridized carbons (Fsp3) is 0.623. The van der Waals surface area contributed by atoms with Crippen molar-refractivity contribution in [1.82, 2.24) is 0 Å². The average Bonchev–Trinajstić information content (AvgIpc) is 3.53. The molecule has 1 heterocycles. The van der Waals surface area contributed by atoms with Gasteiger partial charge in [-0.2, -0.15) is 0 Å². The zero-order chi connectivity index (χ0) is 58.9. The number of hydrogen-bond donors (Lipinski definition) is 3. The van der Waals surface area contributed by atoms with Crippen molar-refractivity contribution in [3.8, 4) is 0 Å². The topological polar surface area (TPSA) is 175 Å². The summed E-state index contributed by atoms with van der Waals surface area (Å²) in [6.07, 6.45) is 65.6. The number of rotatable bonds is 51. The Kier molecular flexibility index (Phi) is 50.5. The van der Waals surface area contributed by atoms with Gasteiger partial charge in [0.05, 0.1) is 6.61 Å². The molecule has 1 saturated heterocycles. The van der Waals surface area contributed by atoms with Crippen LogP contribution >= 0.6 is 0 Å². The van der Waals surface area contributed by atoms with Crippen molar-refractivity contribution in [2.45, 2.75) is 263 Å². The Hall–Kier alpha value is -5.14. The monoisotopic (exact) mass is 1130 g/mol. The zero-order valence-corrected chi connectivity index (χ0v) is 50.2. The molecule has 0 aromatic heterocycles. The summed E-state index contributed by atoms with van der Waals surface area (Å²) in [5.41, 5.74) is 0. The highest BCUT2D eigenvalue weighted by Gasteiger charge is 2.50. The van der Waals surface area contributed by atoms with Crippen molar-refractivity contribution in [2.24, 2.45) is 0 Å². The molecule has 0 amide bonds. The number of unbranched alkanes of at least 4 members (excludes halogenated alkanes) is 15. The molecule has 0 saturated carbocycles. The van der Waals surface area contributed by atoms with E-state index in [4.69, 9.17) is 23.7 Å². The standard InChI is InChI=1S/C69H108O12/c1-4-7-10-13-16-19-22-25-28-30-31-33-35-37-40-43-46-49-52-55-61(70)77-58-60(79-62(71)56-53-50-47-44-41-39-36-32-29-26-23-20-17-14-11-8-5-2)59-78-69-67(65(74)64(73)66(81-69)68(75)76)80-63(72)57-54-51-48-45-42-38-34-27-24-21-18-15-12-9-6-3/h7-8,10-11,16-21,25-29,31,33-34,37,40,46,49,60,64-67,69,73-74H,4-6,9,12-15,22-24,30,32,35-36,38-39,41-45,47-48,50-59H2,1-3H3,(H,75,76)/b10-7-,11-8-,19-16-,20-17-,21-18-,28-25-,29-26-,33-31-,34-27-,40-37-,49-46-. The molecule has 0 aliphatic carbocycles. The van der Waals surface area contributed by atoms with E-state index < -0.39 is 67.3 Å². The molecule has 3 N–H and O–H groups in total. The molecule has 1 aliphatic rings. The molecular formula is C69H108O12. The van der Waals surface area contributed by atoms with Crippen LogP contribution in [-0.4, -0.2) is 89.2 Å². The maximum atomic E-state index is 13.2. The summed E-state index contributed by atoms with van der Waals surface area (Å²) in [6.45, 7) is 5.66. The molecule has 12 heteroatoms. The highest BCUT2D eigenvalue weighted by molar-refractivity contribution is 5.74. The molecule has 0 spiro atoms.